The number of rotatable bonds is 7. The first-order chi connectivity index (χ1) is 15.1. The lowest BCUT2D eigenvalue weighted by Crippen LogP contribution is -2.23. The number of ether oxygens (including phenoxy) is 2. The largest absolute Gasteiger partial charge is 0.485 e. The van der Waals surface area contributed by atoms with Crippen molar-refractivity contribution in [2.24, 2.45) is 0 Å². The minimum Gasteiger partial charge on any atom is -0.485 e. The molecule has 1 aromatic heterocycles. The number of carbonyl (C=O) groups is 2. The number of amides is 1. The molecule has 0 atom stereocenters. The molecule has 0 spiro atoms. The zero-order valence-electron chi connectivity index (χ0n) is 16.4. The summed E-state index contributed by atoms with van der Waals surface area (Å²) in [6, 6.07) is 8.85. The number of hydrogen-bond acceptors (Lipinski definition) is 7. The Kier molecular flexibility index (Phi) is 6.98. The molecule has 168 valence electrons. The highest BCUT2D eigenvalue weighted by molar-refractivity contribution is 6.34. The molecule has 1 heterocycles. The number of anilines is 1. The van der Waals surface area contributed by atoms with Crippen molar-refractivity contribution in [1.82, 2.24) is 10.1 Å². The standard InChI is InChI=1S/C20H15ClF3N3O5/c1-11-25-16(27-32-11)9-30-13-7-5-12(6-8-13)19(29)31-10-17(28)26-18-14(20(22,23)24)3-2-4-15(18)21/h2-8H,9-10H2,1H3,(H,26,28). The van der Waals surface area contributed by atoms with Gasteiger partial charge in [-0.05, 0) is 36.4 Å². The number of halogens is 4. The number of hydrogen-bond donors (Lipinski definition) is 1. The van der Waals surface area contributed by atoms with Gasteiger partial charge in [-0.25, -0.2) is 4.79 Å². The summed E-state index contributed by atoms with van der Waals surface area (Å²) in [4.78, 5) is 28.1. The molecule has 0 radical (unpaired) electrons. The average Bonchev–Trinajstić information content (AvgIpc) is 3.16. The van der Waals surface area contributed by atoms with Crippen LogP contribution in [0.5, 0.6) is 5.75 Å². The number of nitrogens with one attached hydrogen (secondary N) is 1. The molecule has 1 amide bonds. The molecule has 0 fully saturated rings. The maximum Gasteiger partial charge on any atom is 0.418 e. The Balaban J connectivity index is 1.54. The number of alkyl halides is 3. The third-order valence-corrected chi connectivity index (χ3v) is 4.26. The summed E-state index contributed by atoms with van der Waals surface area (Å²) < 4.78 is 54.4. The number of nitrogens with zero attached hydrogens (tertiary/aromatic N) is 2. The van der Waals surface area contributed by atoms with E-state index in [1.165, 1.54) is 30.3 Å². The fraction of sp³-hybridized carbons (Fsp3) is 0.200. The highest BCUT2D eigenvalue weighted by Crippen LogP contribution is 2.38. The van der Waals surface area contributed by atoms with E-state index in [-0.39, 0.29) is 17.2 Å². The number of aromatic nitrogens is 2. The molecular weight excluding hydrogens is 455 g/mol. The van der Waals surface area contributed by atoms with Gasteiger partial charge in [0, 0.05) is 6.92 Å². The second kappa shape index (κ2) is 9.69. The third kappa shape index (κ3) is 5.97. The Bertz CT molecular complexity index is 1120. The van der Waals surface area contributed by atoms with Gasteiger partial charge in [-0.1, -0.05) is 22.8 Å². The van der Waals surface area contributed by atoms with Crippen LogP contribution in [-0.4, -0.2) is 28.6 Å². The first-order valence-electron chi connectivity index (χ1n) is 8.98. The monoisotopic (exact) mass is 469 g/mol. The fourth-order valence-electron chi connectivity index (χ4n) is 2.51. The first kappa shape index (κ1) is 23.1. The quantitative estimate of drug-likeness (QED) is 0.511. The van der Waals surface area contributed by atoms with E-state index >= 15 is 0 Å². The molecule has 8 nitrogen and oxygen atoms in total. The van der Waals surface area contributed by atoms with E-state index in [1.54, 1.807) is 6.92 Å². The molecule has 3 rings (SSSR count). The maximum absolute atomic E-state index is 13.1. The molecular formula is C20H15ClF3N3O5. The zero-order chi connectivity index (χ0) is 23.3. The number of para-hydroxylation sites is 1. The van der Waals surface area contributed by atoms with Gasteiger partial charge in [0.25, 0.3) is 5.91 Å². The van der Waals surface area contributed by atoms with E-state index in [4.69, 9.17) is 25.6 Å². The second-order valence-corrected chi connectivity index (χ2v) is 6.73. The van der Waals surface area contributed by atoms with E-state index in [1.807, 2.05) is 5.32 Å². The lowest BCUT2D eigenvalue weighted by molar-refractivity contribution is -0.137. The van der Waals surface area contributed by atoms with Crippen molar-refractivity contribution in [3.8, 4) is 5.75 Å². The number of benzene rings is 2. The lowest BCUT2D eigenvalue weighted by atomic mass is 10.1. The van der Waals surface area contributed by atoms with E-state index in [0.29, 0.717) is 17.5 Å². The van der Waals surface area contributed by atoms with Crippen molar-refractivity contribution in [2.45, 2.75) is 19.7 Å². The Morgan fingerprint density at radius 1 is 1.16 bits per heavy atom. The zero-order valence-corrected chi connectivity index (χ0v) is 17.2. The summed E-state index contributed by atoms with van der Waals surface area (Å²) in [6.07, 6.45) is -4.73. The molecule has 32 heavy (non-hydrogen) atoms. The summed E-state index contributed by atoms with van der Waals surface area (Å²) in [6.45, 7) is 0.890. The van der Waals surface area contributed by atoms with Gasteiger partial charge in [0.1, 0.15) is 5.75 Å². The van der Waals surface area contributed by atoms with Crippen LogP contribution in [0.25, 0.3) is 0 Å². The van der Waals surface area contributed by atoms with Crippen molar-refractivity contribution in [3.05, 3.63) is 70.3 Å². The predicted octanol–water partition coefficient (Wildman–Crippen LogP) is 4.42. The van der Waals surface area contributed by atoms with E-state index < -0.39 is 35.9 Å². The van der Waals surface area contributed by atoms with E-state index in [2.05, 4.69) is 10.1 Å². The second-order valence-electron chi connectivity index (χ2n) is 6.33. The Labute approximate surface area is 184 Å². The van der Waals surface area contributed by atoms with Crippen LogP contribution < -0.4 is 10.1 Å². The van der Waals surface area contributed by atoms with Crippen LogP contribution >= 0.6 is 11.6 Å². The molecule has 0 aliphatic carbocycles. The predicted molar refractivity (Wildman–Crippen MR) is 105 cm³/mol. The van der Waals surface area contributed by atoms with Crippen LogP contribution in [-0.2, 0) is 22.3 Å². The van der Waals surface area contributed by atoms with E-state index in [0.717, 1.165) is 12.1 Å². The fourth-order valence-corrected chi connectivity index (χ4v) is 2.73. The SMILES string of the molecule is Cc1nc(COc2ccc(C(=O)OCC(=O)Nc3c(Cl)cccc3C(F)(F)F)cc2)no1. The van der Waals surface area contributed by atoms with Crippen molar-refractivity contribution < 1.29 is 36.8 Å². The van der Waals surface area contributed by atoms with Crippen molar-refractivity contribution >= 4 is 29.2 Å². The van der Waals surface area contributed by atoms with Crippen LogP contribution in [0.4, 0.5) is 18.9 Å². The highest BCUT2D eigenvalue weighted by Gasteiger charge is 2.34. The third-order valence-electron chi connectivity index (χ3n) is 3.95. The van der Waals surface area contributed by atoms with Crippen molar-refractivity contribution in [2.75, 3.05) is 11.9 Å². The molecule has 0 bridgehead atoms. The topological polar surface area (TPSA) is 104 Å². The normalized spacial score (nSPS) is 11.2. The summed E-state index contributed by atoms with van der Waals surface area (Å²) >= 11 is 5.77. The van der Waals surface area contributed by atoms with Gasteiger partial charge >= 0.3 is 12.1 Å². The van der Waals surface area contributed by atoms with Crippen LogP contribution in [0.2, 0.25) is 5.02 Å². The van der Waals surface area contributed by atoms with Gasteiger partial charge in [0.2, 0.25) is 11.7 Å². The van der Waals surface area contributed by atoms with Gasteiger partial charge in [-0.2, -0.15) is 18.2 Å². The van der Waals surface area contributed by atoms with Crippen molar-refractivity contribution in [3.63, 3.8) is 0 Å². The first-order valence-corrected chi connectivity index (χ1v) is 9.36. The summed E-state index contributed by atoms with van der Waals surface area (Å²) in [7, 11) is 0. The van der Waals surface area contributed by atoms with Gasteiger partial charge in [-0.15, -0.1) is 0 Å². The summed E-state index contributed by atoms with van der Waals surface area (Å²) in [5.74, 6) is -0.665. The Morgan fingerprint density at radius 2 is 1.88 bits per heavy atom. The molecule has 0 saturated carbocycles. The van der Waals surface area contributed by atoms with Crippen LogP contribution in [0.1, 0.15) is 27.6 Å². The highest BCUT2D eigenvalue weighted by atomic mass is 35.5. The molecule has 12 heteroatoms. The average molecular weight is 470 g/mol. The summed E-state index contributed by atoms with van der Waals surface area (Å²) in [5, 5.41) is 5.41. The molecule has 2 aromatic carbocycles. The smallest absolute Gasteiger partial charge is 0.418 e. The number of esters is 1. The van der Waals surface area contributed by atoms with Crippen LogP contribution in [0.3, 0.4) is 0 Å². The van der Waals surface area contributed by atoms with Gasteiger partial charge < -0.3 is 19.3 Å². The lowest BCUT2D eigenvalue weighted by Gasteiger charge is -2.15. The van der Waals surface area contributed by atoms with Gasteiger partial charge in [0.05, 0.1) is 21.8 Å². The van der Waals surface area contributed by atoms with Gasteiger partial charge in [-0.3, -0.25) is 4.79 Å². The molecule has 3 aromatic rings. The molecule has 0 saturated heterocycles. The molecule has 0 aliphatic heterocycles. The molecule has 0 aliphatic rings. The number of aryl methyl sites for hydroxylation is 1. The van der Waals surface area contributed by atoms with E-state index in [9.17, 15) is 22.8 Å². The Morgan fingerprint density at radius 3 is 2.50 bits per heavy atom. The van der Waals surface area contributed by atoms with Gasteiger partial charge in [0.15, 0.2) is 13.2 Å². The minimum atomic E-state index is -4.73. The molecule has 0 unspecified atom stereocenters. The Hall–Kier alpha value is -3.60. The minimum absolute atomic E-state index is 0.0588. The van der Waals surface area contributed by atoms with Crippen molar-refractivity contribution in [1.29, 1.82) is 0 Å². The van der Waals surface area contributed by atoms with Crippen LogP contribution in [0, 0.1) is 6.92 Å². The molecule has 1 N–H and O–H groups in total. The maximum atomic E-state index is 13.1. The number of carbonyl (C=O) groups excluding carboxylic acids is 2. The summed E-state index contributed by atoms with van der Waals surface area (Å²) in [5.41, 5.74) is -1.62. The van der Waals surface area contributed by atoms with Crippen LogP contribution in [0.15, 0.2) is 47.0 Å².